The maximum atomic E-state index is 10.4. The third kappa shape index (κ3) is 2.33. The van der Waals surface area contributed by atoms with Crippen molar-refractivity contribution >= 4 is 11.8 Å². The lowest BCUT2D eigenvalue weighted by molar-refractivity contribution is 0.215. The van der Waals surface area contributed by atoms with Gasteiger partial charge in [-0.2, -0.15) is 0 Å². The number of hydrogen-bond acceptors (Lipinski definition) is 2. The zero-order valence-electron chi connectivity index (χ0n) is 11.2. The molecule has 96 valence electrons. The average Bonchev–Trinajstić information content (AvgIpc) is 2.66. The van der Waals surface area contributed by atoms with Crippen molar-refractivity contribution in [3.05, 3.63) is 52.3 Å². The van der Waals surface area contributed by atoms with Gasteiger partial charge in [0.05, 0.1) is 5.69 Å². The van der Waals surface area contributed by atoms with Crippen LogP contribution in [0.5, 0.6) is 0 Å². The van der Waals surface area contributed by atoms with Crippen LogP contribution in [0.3, 0.4) is 0 Å². The number of rotatable bonds is 3. The molecule has 1 aromatic carbocycles. The lowest BCUT2D eigenvalue weighted by Gasteiger charge is -2.11. The molecule has 0 spiro atoms. The predicted octanol–water partition coefficient (Wildman–Crippen LogP) is 3.74. The van der Waals surface area contributed by atoms with Gasteiger partial charge in [0, 0.05) is 10.6 Å². The van der Waals surface area contributed by atoms with Gasteiger partial charge in [0.1, 0.15) is 6.10 Å². The van der Waals surface area contributed by atoms with Crippen LogP contribution in [0, 0.1) is 20.8 Å². The Labute approximate surface area is 112 Å². The highest BCUT2D eigenvalue weighted by atomic mass is 32.2. The fraction of sp³-hybridized carbons (Fsp3) is 0.333. The first kappa shape index (κ1) is 13.2. The van der Waals surface area contributed by atoms with Crippen LogP contribution in [0.15, 0.2) is 29.2 Å². The zero-order chi connectivity index (χ0) is 13.3. The molecule has 0 saturated carbocycles. The summed E-state index contributed by atoms with van der Waals surface area (Å²) in [5.41, 5.74) is 5.33. The molecular weight excluding hydrogens is 242 g/mol. The van der Waals surface area contributed by atoms with E-state index in [0.717, 1.165) is 22.5 Å². The maximum Gasteiger partial charge on any atom is 0.119 e. The Morgan fingerprint density at radius 1 is 1.06 bits per heavy atom. The van der Waals surface area contributed by atoms with Crippen molar-refractivity contribution in [1.29, 1.82) is 0 Å². The van der Waals surface area contributed by atoms with Crippen molar-refractivity contribution in [2.45, 2.75) is 31.8 Å². The number of benzene rings is 1. The number of aryl methyl sites for hydroxylation is 1. The van der Waals surface area contributed by atoms with E-state index in [4.69, 9.17) is 0 Å². The van der Waals surface area contributed by atoms with Gasteiger partial charge in [0.25, 0.3) is 0 Å². The Morgan fingerprint density at radius 3 is 2.11 bits per heavy atom. The van der Waals surface area contributed by atoms with Gasteiger partial charge >= 0.3 is 0 Å². The van der Waals surface area contributed by atoms with Crippen LogP contribution in [0.1, 0.15) is 34.2 Å². The maximum absolute atomic E-state index is 10.4. The molecular formula is C15H19NOS. The van der Waals surface area contributed by atoms with E-state index in [2.05, 4.69) is 11.9 Å². The number of hydrogen-bond donors (Lipinski definition) is 2. The lowest BCUT2D eigenvalue weighted by Crippen LogP contribution is -2.02. The topological polar surface area (TPSA) is 36.0 Å². The lowest BCUT2D eigenvalue weighted by atomic mass is 10.0. The molecule has 3 heteroatoms. The second kappa shape index (κ2) is 5.21. The molecule has 1 aromatic heterocycles. The standard InChI is InChI=1S/C15H19NOS/c1-9-10(2)14(16-11(9)3)15(17)12-5-7-13(18-4)8-6-12/h5-8,15-17H,1-4H3. The monoisotopic (exact) mass is 261 g/mol. The molecule has 2 aromatic rings. The number of H-pyrrole nitrogens is 1. The minimum Gasteiger partial charge on any atom is -0.382 e. The first-order chi connectivity index (χ1) is 8.54. The molecule has 1 atom stereocenters. The molecule has 0 aliphatic carbocycles. The summed E-state index contributed by atoms with van der Waals surface area (Å²) in [5.74, 6) is 0. The van der Waals surface area contributed by atoms with E-state index in [-0.39, 0.29) is 0 Å². The van der Waals surface area contributed by atoms with Gasteiger partial charge in [-0.25, -0.2) is 0 Å². The van der Waals surface area contributed by atoms with Gasteiger partial charge in [-0.3, -0.25) is 0 Å². The van der Waals surface area contributed by atoms with Gasteiger partial charge in [0.2, 0.25) is 0 Å². The van der Waals surface area contributed by atoms with Crippen molar-refractivity contribution in [1.82, 2.24) is 4.98 Å². The second-order valence-electron chi connectivity index (χ2n) is 4.59. The second-order valence-corrected chi connectivity index (χ2v) is 5.47. The van der Waals surface area contributed by atoms with Crippen LogP contribution < -0.4 is 0 Å². The van der Waals surface area contributed by atoms with Crippen LogP contribution in [0.4, 0.5) is 0 Å². The minimum atomic E-state index is -0.576. The highest BCUT2D eigenvalue weighted by Crippen LogP contribution is 2.28. The third-order valence-corrected chi connectivity index (χ3v) is 4.30. The molecule has 2 nitrogen and oxygen atoms in total. The SMILES string of the molecule is CSc1ccc(C(O)c2[nH]c(C)c(C)c2C)cc1. The van der Waals surface area contributed by atoms with Gasteiger partial charge in [0.15, 0.2) is 0 Å². The van der Waals surface area contributed by atoms with Crippen LogP contribution in [0.25, 0.3) is 0 Å². The smallest absolute Gasteiger partial charge is 0.119 e. The van der Waals surface area contributed by atoms with E-state index in [1.807, 2.05) is 44.4 Å². The molecule has 0 saturated heterocycles. The average molecular weight is 261 g/mol. The first-order valence-electron chi connectivity index (χ1n) is 6.02. The predicted molar refractivity (Wildman–Crippen MR) is 77.3 cm³/mol. The highest BCUT2D eigenvalue weighted by molar-refractivity contribution is 7.98. The van der Waals surface area contributed by atoms with Crippen LogP contribution in [-0.2, 0) is 0 Å². The fourth-order valence-electron chi connectivity index (χ4n) is 2.10. The van der Waals surface area contributed by atoms with E-state index in [1.54, 1.807) is 11.8 Å². The molecule has 0 radical (unpaired) electrons. The Kier molecular flexibility index (Phi) is 3.83. The number of aromatic nitrogens is 1. The summed E-state index contributed by atoms with van der Waals surface area (Å²) in [6.07, 6.45) is 1.47. The molecule has 0 amide bonds. The third-order valence-electron chi connectivity index (χ3n) is 3.56. The van der Waals surface area contributed by atoms with Crippen molar-refractivity contribution < 1.29 is 5.11 Å². The Bertz CT molecular complexity index is 542. The number of aromatic amines is 1. The number of nitrogens with one attached hydrogen (secondary N) is 1. The first-order valence-corrected chi connectivity index (χ1v) is 7.24. The number of thioether (sulfide) groups is 1. The van der Waals surface area contributed by atoms with Crippen molar-refractivity contribution in [2.24, 2.45) is 0 Å². The Hall–Kier alpha value is -1.19. The number of aliphatic hydroxyl groups excluding tert-OH is 1. The normalized spacial score (nSPS) is 12.7. The van der Waals surface area contributed by atoms with Gasteiger partial charge < -0.3 is 10.1 Å². The Balaban J connectivity index is 2.34. The molecule has 1 heterocycles. The Morgan fingerprint density at radius 2 is 1.67 bits per heavy atom. The van der Waals surface area contributed by atoms with E-state index >= 15 is 0 Å². The minimum absolute atomic E-state index is 0.576. The van der Waals surface area contributed by atoms with Crippen molar-refractivity contribution in [2.75, 3.05) is 6.26 Å². The largest absolute Gasteiger partial charge is 0.382 e. The summed E-state index contributed by atoms with van der Waals surface area (Å²) in [6, 6.07) is 8.06. The van der Waals surface area contributed by atoms with Gasteiger partial charge in [-0.05, 0) is 55.9 Å². The van der Waals surface area contributed by atoms with E-state index < -0.39 is 6.10 Å². The summed E-state index contributed by atoms with van der Waals surface area (Å²) in [7, 11) is 0. The molecule has 1 unspecified atom stereocenters. The molecule has 0 aliphatic heterocycles. The number of aliphatic hydroxyl groups is 1. The molecule has 0 fully saturated rings. The summed E-state index contributed by atoms with van der Waals surface area (Å²) in [5, 5.41) is 10.4. The highest BCUT2D eigenvalue weighted by Gasteiger charge is 2.17. The van der Waals surface area contributed by atoms with E-state index in [1.165, 1.54) is 10.5 Å². The summed E-state index contributed by atoms with van der Waals surface area (Å²) >= 11 is 1.71. The van der Waals surface area contributed by atoms with E-state index in [9.17, 15) is 5.11 Å². The van der Waals surface area contributed by atoms with Crippen molar-refractivity contribution in [3.63, 3.8) is 0 Å². The molecule has 2 rings (SSSR count). The van der Waals surface area contributed by atoms with Crippen LogP contribution >= 0.6 is 11.8 Å². The quantitative estimate of drug-likeness (QED) is 0.826. The van der Waals surface area contributed by atoms with Gasteiger partial charge in [-0.15, -0.1) is 11.8 Å². The van der Waals surface area contributed by atoms with Crippen molar-refractivity contribution in [3.8, 4) is 0 Å². The van der Waals surface area contributed by atoms with Gasteiger partial charge in [-0.1, -0.05) is 12.1 Å². The van der Waals surface area contributed by atoms with E-state index in [0.29, 0.717) is 0 Å². The molecule has 2 N–H and O–H groups in total. The summed E-state index contributed by atoms with van der Waals surface area (Å²) in [4.78, 5) is 4.49. The zero-order valence-corrected chi connectivity index (χ0v) is 12.1. The molecule has 18 heavy (non-hydrogen) atoms. The summed E-state index contributed by atoms with van der Waals surface area (Å²) in [6.45, 7) is 6.16. The van der Waals surface area contributed by atoms with Crippen LogP contribution in [0.2, 0.25) is 0 Å². The molecule has 0 bridgehead atoms. The molecule has 0 aliphatic rings. The van der Waals surface area contributed by atoms with Crippen LogP contribution in [-0.4, -0.2) is 16.3 Å². The fourth-order valence-corrected chi connectivity index (χ4v) is 2.51. The summed E-state index contributed by atoms with van der Waals surface area (Å²) < 4.78 is 0.